The van der Waals surface area contributed by atoms with Gasteiger partial charge in [-0.3, -0.25) is 5.43 Å². The van der Waals surface area contributed by atoms with Crippen LogP contribution in [0.5, 0.6) is 0 Å². The van der Waals surface area contributed by atoms with Crippen LogP contribution < -0.4 is 21.1 Å². The first kappa shape index (κ1) is 13.8. The molecule has 2 rings (SSSR count). The molecule has 1 aliphatic heterocycles. The van der Waals surface area contributed by atoms with Crippen LogP contribution in [0.4, 0.5) is 17.8 Å². The van der Waals surface area contributed by atoms with Crippen LogP contribution in [0.2, 0.25) is 0 Å². The fourth-order valence-corrected chi connectivity index (χ4v) is 2.19. The lowest BCUT2D eigenvalue weighted by atomic mass is 10.1. The maximum absolute atomic E-state index is 8.99. The van der Waals surface area contributed by atoms with Gasteiger partial charge in [0.1, 0.15) is 0 Å². The Morgan fingerprint density at radius 3 is 2.84 bits per heavy atom. The van der Waals surface area contributed by atoms with Gasteiger partial charge in [-0.1, -0.05) is 0 Å². The van der Waals surface area contributed by atoms with Crippen LogP contribution in [0.15, 0.2) is 0 Å². The lowest BCUT2D eigenvalue weighted by Gasteiger charge is -2.19. The van der Waals surface area contributed by atoms with Gasteiger partial charge in [0, 0.05) is 33.8 Å². The molecule has 0 spiro atoms. The number of nitrogens with zero attached hydrogens (tertiary/aromatic N) is 5. The molecule has 0 amide bonds. The molecule has 1 aromatic rings. The molecule has 1 aromatic heterocycles. The van der Waals surface area contributed by atoms with E-state index in [9.17, 15) is 0 Å². The highest BCUT2D eigenvalue weighted by Gasteiger charge is 2.25. The molecule has 0 aromatic carbocycles. The summed E-state index contributed by atoms with van der Waals surface area (Å²) in [5.74, 6) is 7.45. The third-order valence-corrected chi connectivity index (χ3v) is 3.25. The van der Waals surface area contributed by atoms with E-state index in [4.69, 9.17) is 10.9 Å². The molecule has 106 valence electrons. The number of nitrogens with one attached hydrogen (secondary N) is 1. The van der Waals surface area contributed by atoms with Gasteiger partial charge in [-0.05, 0) is 18.8 Å². The monoisotopic (exact) mass is 267 g/mol. The number of anilines is 3. The van der Waals surface area contributed by atoms with E-state index in [1.54, 1.807) is 0 Å². The summed E-state index contributed by atoms with van der Waals surface area (Å²) >= 11 is 0. The molecular formula is C11H21N7O. The zero-order chi connectivity index (χ0) is 13.8. The predicted octanol–water partition coefficient (Wildman–Crippen LogP) is -0.568. The van der Waals surface area contributed by atoms with E-state index in [0.717, 1.165) is 25.9 Å². The Morgan fingerprint density at radius 1 is 1.42 bits per heavy atom. The molecule has 19 heavy (non-hydrogen) atoms. The first-order chi connectivity index (χ1) is 9.13. The summed E-state index contributed by atoms with van der Waals surface area (Å²) in [5, 5.41) is 8.99. The fourth-order valence-electron chi connectivity index (χ4n) is 2.19. The van der Waals surface area contributed by atoms with Gasteiger partial charge in [-0.2, -0.15) is 15.0 Å². The molecule has 1 atom stereocenters. The van der Waals surface area contributed by atoms with Crippen LogP contribution in [-0.2, 0) is 0 Å². The molecular weight excluding hydrogens is 246 g/mol. The third kappa shape index (κ3) is 3.21. The number of aliphatic hydroxyl groups excluding tert-OH is 1. The topological polar surface area (TPSA) is 103 Å². The van der Waals surface area contributed by atoms with Crippen molar-refractivity contribution in [3.63, 3.8) is 0 Å². The van der Waals surface area contributed by atoms with Gasteiger partial charge >= 0.3 is 0 Å². The molecule has 1 saturated heterocycles. The maximum Gasteiger partial charge on any atom is 0.243 e. The number of nitrogens with two attached hydrogens (primary N) is 1. The van der Waals surface area contributed by atoms with Crippen molar-refractivity contribution < 1.29 is 5.11 Å². The van der Waals surface area contributed by atoms with Crippen molar-refractivity contribution in [3.05, 3.63) is 0 Å². The average Bonchev–Trinajstić information content (AvgIpc) is 2.87. The molecule has 0 saturated carbocycles. The molecule has 8 nitrogen and oxygen atoms in total. The van der Waals surface area contributed by atoms with Crippen LogP contribution >= 0.6 is 0 Å². The van der Waals surface area contributed by atoms with E-state index in [0.29, 0.717) is 23.8 Å². The zero-order valence-corrected chi connectivity index (χ0v) is 11.4. The first-order valence-corrected chi connectivity index (χ1v) is 6.40. The smallest absolute Gasteiger partial charge is 0.243 e. The molecule has 0 aliphatic carbocycles. The van der Waals surface area contributed by atoms with E-state index in [1.165, 1.54) is 0 Å². The molecule has 2 heterocycles. The van der Waals surface area contributed by atoms with E-state index < -0.39 is 0 Å². The highest BCUT2D eigenvalue weighted by atomic mass is 16.3. The van der Waals surface area contributed by atoms with Crippen LogP contribution in [-0.4, -0.2) is 53.9 Å². The van der Waals surface area contributed by atoms with Gasteiger partial charge < -0.3 is 14.9 Å². The Morgan fingerprint density at radius 2 is 2.21 bits per heavy atom. The summed E-state index contributed by atoms with van der Waals surface area (Å²) < 4.78 is 0. The van der Waals surface area contributed by atoms with Gasteiger partial charge in [0.25, 0.3) is 0 Å². The number of aromatic nitrogens is 3. The van der Waals surface area contributed by atoms with E-state index in [-0.39, 0.29) is 6.61 Å². The number of nitrogen functional groups attached to an aromatic ring is 1. The molecule has 1 aliphatic rings. The Kier molecular flexibility index (Phi) is 4.33. The Bertz CT molecular complexity index is 426. The zero-order valence-electron chi connectivity index (χ0n) is 11.4. The summed E-state index contributed by atoms with van der Waals surface area (Å²) in [4.78, 5) is 16.8. The Balaban J connectivity index is 2.17. The van der Waals surface area contributed by atoms with Crippen molar-refractivity contribution in [1.82, 2.24) is 15.0 Å². The van der Waals surface area contributed by atoms with Crippen LogP contribution in [0.25, 0.3) is 0 Å². The minimum atomic E-state index is 0.230. The minimum absolute atomic E-state index is 0.230. The molecule has 1 unspecified atom stereocenters. The van der Waals surface area contributed by atoms with Gasteiger partial charge in [-0.15, -0.1) is 0 Å². The van der Waals surface area contributed by atoms with Crippen molar-refractivity contribution >= 4 is 17.8 Å². The van der Waals surface area contributed by atoms with Crippen LogP contribution in [0, 0.1) is 5.92 Å². The first-order valence-electron chi connectivity index (χ1n) is 6.40. The van der Waals surface area contributed by atoms with Crippen LogP contribution in [0.3, 0.4) is 0 Å². The molecule has 0 radical (unpaired) electrons. The van der Waals surface area contributed by atoms with Crippen molar-refractivity contribution in [2.75, 3.05) is 49.0 Å². The van der Waals surface area contributed by atoms with E-state index in [2.05, 4.69) is 25.3 Å². The quantitative estimate of drug-likeness (QED) is 0.481. The second-order valence-electron chi connectivity index (χ2n) is 4.91. The van der Waals surface area contributed by atoms with Crippen LogP contribution in [0.1, 0.15) is 12.8 Å². The summed E-state index contributed by atoms with van der Waals surface area (Å²) in [6, 6.07) is 0. The third-order valence-electron chi connectivity index (χ3n) is 3.25. The summed E-state index contributed by atoms with van der Waals surface area (Å²) in [6.45, 7) is 1.99. The largest absolute Gasteiger partial charge is 0.396 e. The number of hydrazine groups is 1. The van der Waals surface area contributed by atoms with Crippen molar-refractivity contribution in [1.29, 1.82) is 0 Å². The number of hydrogen-bond acceptors (Lipinski definition) is 8. The summed E-state index contributed by atoms with van der Waals surface area (Å²) in [6.07, 6.45) is 1.87. The van der Waals surface area contributed by atoms with Gasteiger partial charge in [-0.25, -0.2) is 5.84 Å². The Labute approximate surface area is 112 Å². The molecule has 0 bridgehead atoms. The van der Waals surface area contributed by atoms with Gasteiger partial charge in [0.05, 0.1) is 0 Å². The normalized spacial score (nSPS) is 18.7. The van der Waals surface area contributed by atoms with Crippen molar-refractivity contribution in [2.24, 2.45) is 11.8 Å². The molecule has 4 N–H and O–H groups in total. The number of rotatable bonds is 5. The lowest BCUT2D eigenvalue weighted by Crippen LogP contribution is -2.25. The maximum atomic E-state index is 8.99. The van der Waals surface area contributed by atoms with Gasteiger partial charge in [0.15, 0.2) is 0 Å². The fraction of sp³-hybridized carbons (Fsp3) is 0.727. The predicted molar refractivity (Wildman–Crippen MR) is 74.0 cm³/mol. The number of hydrogen-bond donors (Lipinski definition) is 3. The Hall–Kier alpha value is -1.67. The van der Waals surface area contributed by atoms with E-state index in [1.807, 2.05) is 19.0 Å². The minimum Gasteiger partial charge on any atom is -0.396 e. The molecule has 1 fully saturated rings. The highest BCUT2D eigenvalue weighted by molar-refractivity contribution is 5.44. The van der Waals surface area contributed by atoms with Gasteiger partial charge in [0.2, 0.25) is 17.8 Å². The number of aliphatic hydroxyl groups is 1. The standard InChI is InChI=1S/C11H21N7O/c1-17(2)10-13-9(16-12)14-11(15-10)18-5-3-8(7-18)4-6-19/h8,19H,3-7,12H2,1-2H3,(H,13,14,15,16). The van der Waals surface area contributed by atoms with Crippen molar-refractivity contribution in [3.8, 4) is 0 Å². The highest BCUT2D eigenvalue weighted by Crippen LogP contribution is 2.24. The average molecular weight is 267 g/mol. The van der Waals surface area contributed by atoms with E-state index >= 15 is 0 Å². The summed E-state index contributed by atoms with van der Waals surface area (Å²) in [5.41, 5.74) is 2.47. The summed E-state index contributed by atoms with van der Waals surface area (Å²) in [7, 11) is 3.75. The SMILES string of the molecule is CN(C)c1nc(NN)nc(N2CCC(CCO)C2)n1. The lowest BCUT2D eigenvalue weighted by molar-refractivity contribution is 0.263. The molecule has 8 heteroatoms. The van der Waals surface area contributed by atoms with Crippen molar-refractivity contribution in [2.45, 2.75) is 12.8 Å². The second-order valence-corrected chi connectivity index (χ2v) is 4.91. The second kappa shape index (κ2) is 5.98.